The largest absolute Gasteiger partial charge is 0.113 e. The number of benzene rings is 2. The molecule has 0 saturated heterocycles. The van der Waals surface area contributed by atoms with Gasteiger partial charge in [-0.3, -0.25) is 0 Å². The monoisotopic (exact) mass is 178 g/mol. The zero-order valence-electron chi connectivity index (χ0n) is 8.20. The molecule has 0 aliphatic rings. The Kier molecular flexibility index (Phi) is 2.40. The van der Waals surface area contributed by atoms with Crippen LogP contribution in [0.25, 0.3) is 11.1 Å². The zero-order valence-corrected chi connectivity index (χ0v) is 8.20. The standard InChI is InChI=1S/C13H11B/c1-10-7-12(9-13(14)8-10)11-5-3-2-4-6-11/h2-9H,1H3. The molecule has 2 aromatic rings. The predicted molar refractivity (Wildman–Crippen MR) is 62.0 cm³/mol. The van der Waals surface area contributed by atoms with Gasteiger partial charge < -0.3 is 0 Å². The summed E-state index contributed by atoms with van der Waals surface area (Å²) in [7, 11) is 5.80. The fraction of sp³-hybridized carbons (Fsp3) is 0.0769. The molecule has 0 nitrogen and oxygen atoms in total. The smallest absolute Gasteiger partial charge is 0.0958 e. The number of rotatable bonds is 1. The van der Waals surface area contributed by atoms with Gasteiger partial charge in [0.05, 0.1) is 0 Å². The van der Waals surface area contributed by atoms with E-state index < -0.39 is 0 Å². The lowest BCUT2D eigenvalue weighted by molar-refractivity contribution is 1.49. The summed E-state index contributed by atoms with van der Waals surface area (Å²) < 4.78 is 0. The van der Waals surface area contributed by atoms with Crippen LogP contribution in [-0.4, -0.2) is 7.85 Å². The lowest BCUT2D eigenvalue weighted by Crippen LogP contribution is -2.02. The second kappa shape index (κ2) is 3.71. The molecule has 0 atom stereocenters. The van der Waals surface area contributed by atoms with E-state index in [1.165, 1.54) is 16.7 Å². The van der Waals surface area contributed by atoms with Gasteiger partial charge in [0.2, 0.25) is 0 Å². The van der Waals surface area contributed by atoms with E-state index in [1.807, 2.05) is 30.3 Å². The second-order valence-electron chi connectivity index (χ2n) is 3.50. The van der Waals surface area contributed by atoms with Gasteiger partial charge in [0.15, 0.2) is 0 Å². The van der Waals surface area contributed by atoms with Crippen LogP contribution in [0, 0.1) is 6.92 Å². The number of hydrogen-bond donors (Lipinski definition) is 0. The Bertz CT molecular complexity index is 412. The number of aryl methyl sites for hydroxylation is 1. The van der Waals surface area contributed by atoms with Gasteiger partial charge in [0.25, 0.3) is 0 Å². The molecule has 2 radical (unpaired) electrons. The summed E-state index contributed by atoms with van der Waals surface area (Å²) >= 11 is 0. The highest BCUT2D eigenvalue weighted by Gasteiger charge is 1.97. The van der Waals surface area contributed by atoms with Crippen molar-refractivity contribution in [1.82, 2.24) is 0 Å². The van der Waals surface area contributed by atoms with Crippen molar-refractivity contribution in [2.45, 2.75) is 6.92 Å². The molecule has 0 saturated carbocycles. The average molecular weight is 178 g/mol. The van der Waals surface area contributed by atoms with Crippen LogP contribution in [0.4, 0.5) is 0 Å². The van der Waals surface area contributed by atoms with Crippen LogP contribution in [0.1, 0.15) is 5.56 Å². The average Bonchev–Trinajstić information content (AvgIpc) is 2.18. The molecule has 0 fully saturated rings. The first-order chi connectivity index (χ1) is 6.75. The third kappa shape index (κ3) is 1.87. The van der Waals surface area contributed by atoms with E-state index in [-0.39, 0.29) is 0 Å². The maximum Gasteiger partial charge on any atom is 0.113 e. The molecule has 0 heterocycles. The molecule has 0 unspecified atom stereocenters. The first kappa shape index (κ1) is 9.08. The van der Waals surface area contributed by atoms with E-state index in [0.29, 0.717) is 0 Å². The van der Waals surface area contributed by atoms with Crippen molar-refractivity contribution < 1.29 is 0 Å². The number of hydrogen-bond acceptors (Lipinski definition) is 0. The molecule has 0 aliphatic heterocycles. The molecule has 0 spiro atoms. The Morgan fingerprint density at radius 3 is 2.21 bits per heavy atom. The van der Waals surface area contributed by atoms with Gasteiger partial charge in [-0.05, 0) is 18.1 Å². The molecular formula is C13H11B. The van der Waals surface area contributed by atoms with Gasteiger partial charge in [0, 0.05) is 0 Å². The molecule has 0 bridgehead atoms. The van der Waals surface area contributed by atoms with Crippen molar-refractivity contribution in [3.8, 4) is 11.1 Å². The summed E-state index contributed by atoms with van der Waals surface area (Å²) in [6.45, 7) is 2.06. The summed E-state index contributed by atoms with van der Waals surface area (Å²) in [4.78, 5) is 0. The van der Waals surface area contributed by atoms with Crippen LogP contribution >= 0.6 is 0 Å². The van der Waals surface area contributed by atoms with Crippen LogP contribution in [0.15, 0.2) is 48.5 Å². The van der Waals surface area contributed by atoms with Crippen LogP contribution in [0.3, 0.4) is 0 Å². The Balaban J connectivity index is 2.52. The second-order valence-corrected chi connectivity index (χ2v) is 3.50. The molecule has 14 heavy (non-hydrogen) atoms. The Hall–Kier alpha value is -1.50. The van der Waals surface area contributed by atoms with Gasteiger partial charge in [-0.25, -0.2) is 0 Å². The van der Waals surface area contributed by atoms with Crippen LogP contribution in [0.2, 0.25) is 0 Å². The molecule has 0 amide bonds. The lowest BCUT2D eigenvalue weighted by Gasteiger charge is -2.04. The minimum Gasteiger partial charge on any atom is -0.0958 e. The third-order valence-corrected chi connectivity index (χ3v) is 2.21. The van der Waals surface area contributed by atoms with Gasteiger partial charge in [-0.15, -0.1) is 0 Å². The Morgan fingerprint density at radius 1 is 0.857 bits per heavy atom. The summed E-state index contributed by atoms with van der Waals surface area (Å²) in [5.74, 6) is 0. The highest BCUT2D eigenvalue weighted by Crippen LogP contribution is 2.18. The molecule has 0 aromatic heterocycles. The van der Waals surface area contributed by atoms with Crippen molar-refractivity contribution in [2.75, 3.05) is 0 Å². The SMILES string of the molecule is [B]c1cc(C)cc(-c2ccccc2)c1. The highest BCUT2D eigenvalue weighted by atomic mass is 14.0. The van der Waals surface area contributed by atoms with Crippen LogP contribution < -0.4 is 5.46 Å². The van der Waals surface area contributed by atoms with Gasteiger partial charge in [0.1, 0.15) is 7.85 Å². The topological polar surface area (TPSA) is 0 Å². The molecule has 0 N–H and O–H groups in total. The van der Waals surface area contributed by atoms with Crippen LogP contribution in [-0.2, 0) is 0 Å². The van der Waals surface area contributed by atoms with E-state index in [9.17, 15) is 0 Å². The fourth-order valence-electron chi connectivity index (χ4n) is 1.61. The summed E-state index contributed by atoms with van der Waals surface area (Å²) in [5.41, 5.74) is 4.42. The molecule has 2 aromatic carbocycles. The van der Waals surface area contributed by atoms with Gasteiger partial charge in [-0.1, -0.05) is 59.6 Å². The van der Waals surface area contributed by atoms with Crippen LogP contribution in [0.5, 0.6) is 0 Å². The maximum absolute atomic E-state index is 5.80. The summed E-state index contributed by atoms with van der Waals surface area (Å²) in [6.07, 6.45) is 0. The normalized spacial score (nSPS) is 10.1. The minimum absolute atomic E-state index is 0.823. The van der Waals surface area contributed by atoms with E-state index in [1.54, 1.807) is 0 Å². The Labute approximate surface area is 86.0 Å². The maximum atomic E-state index is 5.80. The third-order valence-electron chi connectivity index (χ3n) is 2.21. The van der Waals surface area contributed by atoms with Crippen molar-refractivity contribution in [3.05, 3.63) is 54.1 Å². The zero-order chi connectivity index (χ0) is 9.97. The van der Waals surface area contributed by atoms with Crippen molar-refractivity contribution in [2.24, 2.45) is 0 Å². The minimum atomic E-state index is 0.823. The van der Waals surface area contributed by atoms with Crippen molar-refractivity contribution >= 4 is 13.3 Å². The predicted octanol–water partition coefficient (Wildman–Crippen LogP) is 2.46. The van der Waals surface area contributed by atoms with E-state index in [4.69, 9.17) is 7.85 Å². The van der Waals surface area contributed by atoms with E-state index >= 15 is 0 Å². The quantitative estimate of drug-likeness (QED) is 0.588. The first-order valence-corrected chi connectivity index (χ1v) is 4.68. The molecule has 1 heteroatoms. The molecular weight excluding hydrogens is 167 g/mol. The van der Waals surface area contributed by atoms with Gasteiger partial charge in [-0.2, -0.15) is 0 Å². The summed E-state index contributed by atoms with van der Waals surface area (Å²) in [6, 6.07) is 16.4. The first-order valence-electron chi connectivity index (χ1n) is 4.68. The lowest BCUT2D eigenvalue weighted by atomic mass is 9.90. The Morgan fingerprint density at radius 2 is 1.57 bits per heavy atom. The molecule has 2 rings (SSSR count). The summed E-state index contributed by atoms with van der Waals surface area (Å²) in [5, 5.41) is 0. The molecule has 0 aliphatic carbocycles. The van der Waals surface area contributed by atoms with Crippen molar-refractivity contribution in [3.63, 3.8) is 0 Å². The van der Waals surface area contributed by atoms with E-state index in [2.05, 4.69) is 25.1 Å². The highest BCUT2D eigenvalue weighted by molar-refractivity contribution is 6.32. The van der Waals surface area contributed by atoms with E-state index in [0.717, 1.165) is 5.46 Å². The van der Waals surface area contributed by atoms with Crippen molar-refractivity contribution in [1.29, 1.82) is 0 Å². The molecule has 66 valence electrons. The fourth-order valence-corrected chi connectivity index (χ4v) is 1.61. The van der Waals surface area contributed by atoms with Gasteiger partial charge >= 0.3 is 0 Å².